The molecule has 1 amide bonds. The van der Waals surface area contributed by atoms with Gasteiger partial charge in [0, 0.05) is 0 Å². The summed E-state index contributed by atoms with van der Waals surface area (Å²) in [5.41, 5.74) is 0.927. The van der Waals surface area contributed by atoms with E-state index in [4.69, 9.17) is 0 Å². The van der Waals surface area contributed by atoms with Gasteiger partial charge in [-0.25, -0.2) is 4.39 Å². The van der Waals surface area contributed by atoms with Gasteiger partial charge in [-0.3, -0.25) is 4.79 Å². The zero-order valence-corrected chi connectivity index (χ0v) is 13.2. The number of benzene rings is 1. The van der Waals surface area contributed by atoms with Crippen LogP contribution in [0.3, 0.4) is 0 Å². The van der Waals surface area contributed by atoms with Gasteiger partial charge < -0.3 is 9.80 Å². The van der Waals surface area contributed by atoms with Crippen LogP contribution >= 0.6 is 0 Å². The SMILES string of the molecule is C[C@@H](NC(=O)C[N+](C)(C)C1CCCC1)c1ccc(F)cc1. The molecule has 1 aromatic carbocycles. The van der Waals surface area contributed by atoms with Crippen molar-refractivity contribution in [1.82, 2.24) is 5.32 Å². The van der Waals surface area contributed by atoms with Crippen LogP contribution in [-0.4, -0.2) is 37.1 Å². The third-order valence-corrected chi connectivity index (χ3v) is 4.61. The van der Waals surface area contributed by atoms with E-state index in [2.05, 4.69) is 19.4 Å². The summed E-state index contributed by atoms with van der Waals surface area (Å²) in [5, 5.41) is 3.02. The molecular formula is C17H26FN2O+. The normalized spacial score (nSPS) is 17.7. The third-order valence-electron chi connectivity index (χ3n) is 4.61. The fourth-order valence-corrected chi connectivity index (χ4v) is 3.22. The second-order valence-corrected chi connectivity index (χ2v) is 6.72. The summed E-state index contributed by atoms with van der Waals surface area (Å²) < 4.78 is 13.7. The van der Waals surface area contributed by atoms with Crippen molar-refractivity contribution in [3.8, 4) is 0 Å². The van der Waals surface area contributed by atoms with Crippen molar-refractivity contribution in [3.63, 3.8) is 0 Å². The number of hydrogen-bond donors (Lipinski definition) is 1. The second kappa shape index (κ2) is 6.56. The highest BCUT2D eigenvalue weighted by molar-refractivity contribution is 5.77. The number of halogens is 1. The molecule has 1 atom stereocenters. The topological polar surface area (TPSA) is 29.1 Å². The van der Waals surface area contributed by atoms with Gasteiger partial charge in [0.05, 0.1) is 26.2 Å². The molecule has 21 heavy (non-hydrogen) atoms. The predicted molar refractivity (Wildman–Crippen MR) is 82.2 cm³/mol. The summed E-state index contributed by atoms with van der Waals surface area (Å²) in [5.74, 6) is -0.194. The number of quaternary nitrogens is 1. The van der Waals surface area contributed by atoms with Crippen LogP contribution in [0.2, 0.25) is 0 Å². The Labute approximate surface area is 126 Å². The van der Waals surface area contributed by atoms with Crippen molar-refractivity contribution in [2.45, 2.75) is 44.7 Å². The molecular weight excluding hydrogens is 267 g/mol. The number of carbonyl (C=O) groups is 1. The van der Waals surface area contributed by atoms with Crippen molar-refractivity contribution in [1.29, 1.82) is 0 Å². The van der Waals surface area contributed by atoms with E-state index < -0.39 is 0 Å². The van der Waals surface area contributed by atoms with Crippen LogP contribution in [0.25, 0.3) is 0 Å². The van der Waals surface area contributed by atoms with Gasteiger partial charge in [0.15, 0.2) is 6.54 Å². The number of rotatable bonds is 5. The van der Waals surface area contributed by atoms with Crippen molar-refractivity contribution in [2.75, 3.05) is 20.6 Å². The van der Waals surface area contributed by atoms with Gasteiger partial charge in [-0.05, 0) is 50.3 Å². The molecule has 0 bridgehead atoms. The first-order valence-electron chi connectivity index (χ1n) is 7.76. The Morgan fingerprint density at radius 1 is 1.29 bits per heavy atom. The van der Waals surface area contributed by atoms with Crippen molar-refractivity contribution < 1.29 is 13.7 Å². The number of nitrogens with one attached hydrogen (secondary N) is 1. The summed E-state index contributed by atoms with van der Waals surface area (Å²) in [6.07, 6.45) is 4.99. The molecule has 1 N–H and O–H groups in total. The number of hydrogen-bond acceptors (Lipinski definition) is 1. The molecule has 1 aliphatic carbocycles. The molecule has 0 unspecified atom stereocenters. The first kappa shape index (κ1) is 16.0. The molecule has 0 aliphatic heterocycles. The maximum Gasteiger partial charge on any atom is 0.275 e. The van der Waals surface area contributed by atoms with Crippen LogP contribution in [-0.2, 0) is 4.79 Å². The average Bonchev–Trinajstić information content (AvgIpc) is 2.93. The number of amides is 1. The fourth-order valence-electron chi connectivity index (χ4n) is 3.22. The molecule has 0 radical (unpaired) electrons. The van der Waals surface area contributed by atoms with Gasteiger partial charge in [-0.2, -0.15) is 0 Å². The van der Waals surface area contributed by atoms with Crippen LogP contribution in [0, 0.1) is 5.82 Å². The molecule has 3 nitrogen and oxygen atoms in total. The van der Waals surface area contributed by atoms with Crippen LogP contribution < -0.4 is 5.32 Å². The molecule has 4 heteroatoms. The summed E-state index contributed by atoms with van der Waals surface area (Å²) in [4.78, 5) is 12.3. The summed E-state index contributed by atoms with van der Waals surface area (Å²) in [6.45, 7) is 2.43. The van der Waals surface area contributed by atoms with Crippen LogP contribution in [0.1, 0.15) is 44.2 Å². The lowest BCUT2D eigenvalue weighted by Crippen LogP contribution is -2.53. The molecule has 0 aromatic heterocycles. The lowest BCUT2D eigenvalue weighted by atomic mass is 10.1. The maximum atomic E-state index is 12.9. The first-order valence-corrected chi connectivity index (χ1v) is 7.76. The van der Waals surface area contributed by atoms with E-state index in [-0.39, 0.29) is 17.8 Å². The van der Waals surface area contributed by atoms with Crippen LogP contribution in [0.15, 0.2) is 24.3 Å². The lowest BCUT2D eigenvalue weighted by Gasteiger charge is -2.35. The number of likely N-dealkylation sites (N-methyl/N-ethyl adjacent to an activating group) is 1. The maximum absolute atomic E-state index is 12.9. The van der Waals surface area contributed by atoms with Gasteiger partial charge in [-0.15, -0.1) is 0 Å². The molecule has 0 heterocycles. The van der Waals surface area contributed by atoms with Gasteiger partial charge in [0.2, 0.25) is 0 Å². The average molecular weight is 293 g/mol. The Hall–Kier alpha value is -1.42. The first-order chi connectivity index (χ1) is 9.88. The van der Waals surface area contributed by atoms with Crippen molar-refractivity contribution in [3.05, 3.63) is 35.6 Å². The van der Waals surface area contributed by atoms with Gasteiger partial charge >= 0.3 is 0 Å². The Bertz CT molecular complexity index is 478. The van der Waals surface area contributed by atoms with E-state index in [1.165, 1.54) is 37.8 Å². The zero-order valence-electron chi connectivity index (χ0n) is 13.2. The highest BCUT2D eigenvalue weighted by Gasteiger charge is 2.33. The number of carbonyl (C=O) groups excluding carboxylic acids is 1. The van der Waals surface area contributed by atoms with E-state index in [1.54, 1.807) is 12.1 Å². The molecule has 1 fully saturated rings. The Morgan fingerprint density at radius 3 is 2.43 bits per heavy atom. The Kier molecular flexibility index (Phi) is 4.99. The molecule has 2 rings (SSSR count). The third kappa shape index (κ3) is 4.27. The standard InChI is InChI=1S/C17H25FN2O/c1-13(14-8-10-15(18)11-9-14)19-17(21)12-20(2,3)16-6-4-5-7-16/h8-11,13,16H,4-7,12H2,1-3H3/p+1/t13-/m1/s1. The summed E-state index contributed by atoms with van der Waals surface area (Å²) in [7, 11) is 4.27. The smallest absolute Gasteiger partial charge is 0.275 e. The van der Waals surface area contributed by atoms with Gasteiger partial charge in [-0.1, -0.05) is 12.1 Å². The Morgan fingerprint density at radius 2 is 1.86 bits per heavy atom. The summed E-state index contributed by atoms with van der Waals surface area (Å²) in [6, 6.07) is 6.79. The molecule has 0 saturated heterocycles. The minimum atomic E-state index is -0.253. The van der Waals surface area contributed by atoms with Gasteiger partial charge in [0.25, 0.3) is 5.91 Å². The molecule has 1 saturated carbocycles. The minimum absolute atomic E-state index is 0.0590. The van der Waals surface area contributed by atoms with E-state index >= 15 is 0 Å². The molecule has 1 aromatic rings. The molecule has 116 valence electrons. The fraction of sp³-hybridized carbons (Fsp3) is 0.588. The van der Waals surface area contributed by atoms with E-state index in [0.29, 0.717) is 12.6 Å². The molecule has 0 spiro atoms. The number of nitrogens with zero attached hydrogens (tertiary/aromatic N) is 1. The van der Waals surface area contributed by atoms with Crippen LogP contribution in [0.5, 0.6) is 0 Å². The Balaban J connectivity index is 1.90. The summed E-state index contributed by atoms with van der Waals surface area (Å²) >= 11 is 0. The lowest BCUT2D eigenvalue weighted by molar-refractivity contribution is -0.906. The second-order valence-electron chi connectivity index (χ2n) is 6.72. The van der Waals surface area contributed by atoms with Crippen molar-refractivity contribution in [2.24, 2.45) is 0 Å². The minimum Gasteiger partial charge on any atom is -0.345 e. The molecule has 1 aliphatic rings. The quantitative estimate of drug-likeness (QED) is 0.831. The monoisotopic (exact) mass is 293 g/mol. The van der Waals surface area contributed by atoms with Crippen molar-refractivity contribution >= 4 is 5.91 Å². The highest BCUT2D eigenvalue weighted by Crippen LogP contribution is 2.26. The van der Waals surface area contributed by atoms with Gasteiger partial charge in [0.1, 0.15) is 5.82 Å². The highest BCUT2D eigenvalue weighted by atomic mass is 19.1. The van der Waals surface area contributed by atoms with E-state index in [1.807, 2.05) is 6.92 Å². The van der Waals surface area contributed by atoms with Crippen LogP contribution in [0.4, 0.5) is 4.39 Å². The predicted octanol–water partition coefficient (Wildman–Crippen LogP) is 3.02. The zero-order chi connectivity index (χ0) is 15.5. The van der Waals surface area contributed by atoms with E-state index in [9.17, 15) is 9.18 Å². The van der Waals surface area contributed by atoms with E-state index in [0.717, 1.165) is 10.0 Å². The largest absolute Gasteiger partial charge is 0.345 e.